The summed E-state index contributed by atoms with van der Waals surface area (Å²) in [6, 6.07) is 0. The zero-order valence-electron chi connectivity index (χ0n) is 20.9. The van der Waals surface area contributed by atoms with Crippen molar-refractivity contribution in [1.29, 1.82) is 0 Å². The van der Waals surface area contributed by atoms with Crippen LogP contribution < -0.4 is 0 Å². The number of unbranched alkanes of at least 4 members (excludes halogenated alkanes) is 2. The second kappa shape index (κ2) is 17.8. The molecule has 0 aliphatic rings. The lowest BCUT2D eigenvalue weighted by Gasteiger charge is -2.20. The normalized spacial score (nSPS) is 15.4. The van der Waals surface area contributed by atoms with Gasteiger partial charge in [0, 0.05) is 0 Å². The van der Waals surface area contributed by atoms with Gasteiger partial charge in [-0.25, -0.2) is 4.79 Å². The van der Waals surface area contributed by atoms with Gasteiger partial charge in [0.05, 0.1) is 44.4 Å². The number of esters is 1. The van der Waals surface area contributed by atoms with Crippen LogP contribution in [0.2, 0.25) is 0 Å². The molecule has 10 nitrogen and oxygen atoms in total. The van der Waals surface area contributed by atoms with Gasteiger partial charge in [-0.2, -0.15) is 0 Å². The first-order valence-corrected chi connectivity index (χ1v) is 14.9. The van der Waals surface area contributed by atoms with Gasteiger partial charge in [-0.05, 0) is 53.9 Å². The van der Waals surface area contributed by atoms with Crippen molar-refractivity contribution in [3.05, 3.63) is 0 Å². The molecule has 0 aliphatic carbocycles. The van der Waals surface area contributed by atoms with Gasteiger partial charge in [0.1, 0.15) is 6.61 Å². The van der Waals surface area contributed by atoms with E-state index in [2.05, 4.69) is 0 Å². The lowest BCUT2D eigenvalue weighted by Crippen LogP contribution is -2.18. The summed E-state index contributed by atoms with van der Waals surface area (Å²) >= 11 is 0. The first-order valence-electron chi connectivity index (χ1n) is 11.5. The summed E-state index contributed by atoms with van der Waals surface area (Å²) in [4.78, 5) is 22.9. The molecule has 0 bridgehead atoms. The molecule has 33 heavy (non-hydrogen) atoms. The molecule has 0 rings (SSSR count). The monoisotopic (exact) mass is 516 g/mol. The van der Waals surface area contributed by atoms with Crippen molar-refractivity contribution in [1.82, 2.24) is 0 Å². The lowest BCUT2D eigenvalue weighted by atomic mass is 10.3. The highest BCUT2D eigenvalue weighted by Crippen LogP contribution is 2.51. The lowest BCUT2D eigenvalue weighted by molar-refractivity contribution is -0.150. The number of carbonyl (C=O) groups excluding carboxylic acids is 2. The standard InChI is InChI=1S/C21H42O10P2/c1-7-11-27-32(24,29-16-20(6)22)14-9-8-10-15-33(25,28-13-12-26-18(2)3)30-17-21(23)31-19(4)5/h18-19H,7-17H2,1-6H3. The molecule has 2 atom stereocenters. The van der Waals surface area contributed by atoms with Gasteiger partial charge in [-0.1, -0.05) is 13.3 Å². The van der Waals surface area contributed by atoms with E-state index < -0.39 is 27.8 Å². The van der Waals surface area contributed by atoms with Gasteiger partial charge in [-0.3, -0.25) is 18.4 Å². The molecule has 196 valence electrons. The molecule has 0 saturated carbocycles. The molecule has 0 N–H and O–H groups in total. The molecule has 2 unspecified atom stereocenters. The van der Waals surface area contributed by atoms with Crippen molar-refractivity contribution in [3.8, 4) is 0 Å². The van der Waals surface area contributed by atoms with Crippen LogP contribution >= 0.6 is 15.2 Å². The maximum atomic E-state index is 13.1. The highest BCUT2D eigenvalue weighted by atomic mass is 31.2. The van der Waals surface area contributed by atoms with E-state index in [1.807, 2.05) is 20.8 Å². The van der Waals surface area contributed by atoms with E-state index in [1.165, 1.54) is 6.92 Å². The largest absolute Gasteiger partial charge is 0.461 e. The third-order valence-corrected chi connectivity index (χ3v) is 7.81. The number of carbonyl (C=O) groups is 2. The van der Waals surface area contributed by atoms with Gasteiger partial charge in [0.15, 0.2) is 12.4 Å². The average molecular weight is 517 g/mol. The number of Topliss-reactive ketones (excluding diaryl/α,β-unsaturated/α-hetero) is 1. The minimum atomic E-state index is -3.56. The molecule has 0 aromatic rings. The van der Waals surface area contributed by atoms with Gasteiger partial charge in [0.25, 0.3) is 0 Å². The summed E-state index contributed by atoms with van der Waals surface area (Å²) in [7, 11) is -6.93. The van der Waals surface area contributed by atoms with E-state index >= 15 is 0 Å². The highest BCUT2D eigenvalue weighted by Gasteiger charge is 2.28. The molecule has 12 heteroatoms. The van der Waals surface area contributed by atoms with Crippen molar-refractivity contribution >= 4 is 26.9 Å². The first kappa shape index (κ1) is 32.4. The van der Waals surface area contributed by atoms with E-state index in [0.717, 1.165) is 0 Å². The van der Waals surface area contributed by atoms with Crippen molar-refractivity contribution < 1.29 is 46.3 Å². The maximum absolute atomic E-state index is 13.1. The Morgan fingerprint density at radius 1 is 0.727 bits per heavy atom. The number of ether oxygens (including phenoxy) is 2. The molecule has 0 amide bonds. The third-order valence-electron chi connectivity index (χ3n) is 3.89. The summed E-state index contributed by atoms with van der Waals surface area (Å²) in [5.74, 6) is -0.855. The molecule has 0 aromatic carbocycles. The van der Waals surface area contributed by atoms with Crippen LogP contribution in [0, 0.1) is 0 Å². The van der Waals surface area contributed by atoms with Crippen LogP contribution in [0.1, 0.15) is 67.2 Å². The predicted octanol–water partition coefficient (Wildman–Crippen LogP) is 4.98. The Morgan fingerprint density at radius 3 is 1.76 bits per heavy atom. The summed E-state index contributed by atoms with van der Waals surface area (Å²) in [6.45, 7) is 10.3. The summed E-state index contributed by atoms with van der Waals surface area (Å²) in [5.41, 5.74) is 0. The highest BCUT2D eigenvalue weighted by molar-refractivity contribution is 7.54. The minimum absolute atomic E-state index is 0.00534. The number of ketones is 1. The van der Waals surface area contributed by atoms with Crippen molar-refractivity contribution in [2.75, 3.05) is 45.4 Å². The smallest absolute Gasteiger partial charge is 0.332 e. The fourth-order valence-electron chi connectivity index (χ4n) is 2.45. The molecule has 0 heterocycles. The Kier molecular flexibility index (Phi) is 17.5. The molecular formula is C21H42O10P2. The topological polar surface area (TPSA) is 124 Å². The van der Waals surface area contributed by atoms with Crippen LogP contribution in [-0.2, 0) is 46.3 Å². The molecule has 0 aromatic heterocycles. The predicted molar refractivity (Wildman–Crippen MR) is 126 cm³/mol. The van der Waals surface area contributed by atoms with Gasteiger partial charge < -0.3 is 23.0 Å². The fourth-order valence-corrected chi connectivity index (χ4v) is 5.83. The third kappa shape index (κ3) is 18.4. The second-order valence-electron chi connectivity index (χ2n) is 8.10. The average Bonchev–Trinajstić information content (AvgIpc) is 2.72. The zero-order valence-corrected chi connectivity index (χ0v) is 22.7. The molecule has 0 fully saturated rings. The van der Waals surface area contributed by atoms with Crippen LogP contribution in [0.15, 0.2) is 0 Å². The van der Waals surface area contributed by atoms with Crippen LogP contribution in [0.5, 0.6) is 0 Å². The van der Waals surface area contributed by atoms with E-state index in [1.54, 1.807) is 13.8 Å². The fraction of sp³-hybridized carbons (Fsp3) is 0.905. The Bertz CT molecular complexity index is 651. The number of rotatable bonds is 21. The Labute approximate surface area is 198 Å². The Morgan fingerprint density at radius 2 is 1.27 bits per heavy atom. The van der Waals surface area contributed by atoms with Crippen LogP contribution in [0.25, 0.3) is 0 Å². The molecule has 0 spiro atoms. The van der Waals surface area contributed by atoms with Crippen LogP contribution in [-0.4, -0.2) is 69.3 Å². The van der Waals surface area contributed by atoms with E-state index in [4.69, 9.17) is 27.6 Å². The SMILES string of the molecule is CCCOP(=O)(CCCCCP(=O)(OCCOC(C)C)OCC(=O)OC(C)C)OCC(C)=O. The van der Waals surface area contributed by atoms with Gasteiger partial charge in [0.2, 0.25) is 0 Å². The minimum Gasteiger partial charge on any atom is -0.461 e. The number of hydrogen-bond donors (Lipinski definition) is 0. The molecule has 0 aliphatic heterocycles. The zero-order chi connectivity index (χ0) is 25.3. The quantitative estimate of drug-likeness (QED) is 0.117. The second-order valence-corrected chi connectivity index (χ2v) is 12.5. The van der Waals surface area contributed by atoms with Crippen LogP contribution in [0.3, 0.4) is 0 Å². The van der Waals surface area contributed by atoms with E-state index in [9.17, 15) is 18.7 Å². The maximum Gasteiger partial charge on any atom is 0.332 e. The van der Waals surface area contributed by atoms with Crippen molar-refractivity contribution in [2.24, 2.45) is 0 Å². The van der Waals surface area contributed by atoms with Crippen LogP contribution in [0.4, 0.5) is 0 Å². The van der Waals surface area contributed by atoms with Crippen molar-refractivity contribution in [3.63, 3.8) is 0 Å². The first-order chi connectivity index (χ1) is 15.4. The van der Waals surface area contributed by atoms with E-state index in [0.29, 0.717) is 25.7 Å². The number of hydrogen-bond acceptors (Lipinski definition) is 10. The Balaban J connectivity index is 4.70. The molecule has 0 radical (unpaired) electrons. The van der Waals surface area contributed by atoms with Gasteiger partial charge >= 0.3 is 21.2 Å². The van der Waals surface area contributed by atoms with E-state index in [-0.39, 0.29) is 56.7 Å². The van der Waals surface area contributed by atoms with Gasteiger partial charge in [-0.15, -0.1) is 0 Å². The Hall–Kier alpha value is -0.600. The van der Waals surface area contributed by atoms with Crippen molar-refractivity contribution in [2.45, 2.75) is 79.4 Å². The summed E-state index contributed by atoms with van der Waals surface area (Å²) in [6.07, 6.45) is 2.08. The summed E-state index contributed by atoms with van der Waals surface area (Å²) < 4.78 is 57.6. The summed E-state index contributed by atoms with van der Waals surface area (Å²) in [5, 5.41) is 0. The molecule has 0 saturated heterocycles. The molecular weight excluding hydrogens is 474 g/mol.